The predicted octanol–water partition coefficient (Wildman–Crippen LogP) is 5.21. The highest BCUT2D eigenvalue weighted by Crippen LogP contribution is 2.25. The van der Waals surface area contributed by atoms with Gasteiger partial charge in [0, 0.05) is 25.2 Å². The van der Waals surface area contributed by atoms with E-state index < -0.39 is 42.0 Å². The molecule has 260 valence electrons. The third-order valence-electron chi connectivity index (χ3n) is 9.04. The van der Waals surface area contributed by atoms with Crippen molar-refractivity contribution in [2.45, 2.75) is 69.7 Å². The smallest absolute Gasteiger partial charge is 0.408 e. The number of amides is 3. The number of hydrogen-bond donors (Lipinski definition) is 3. The van der Waals surface area contributed by atoms with E-state index in [1.807, 2.05) is 103 Å². The third-order valence-corrected chi connectivity index (χ3v) is 9.04. The van der Waals surface area contributed by atoms with E-state index >= 15 is 0 Å². The Morgan fingerprint density at radius 3 is 2.02 bits per heavy atom. The topological polar surface area (TPSA) is 140 Å². The highest BCUT2D eigenvalue weighted by atomic mass is 16.5. The molecule has 10 heteroatoms. The van der Waals surface area contributed by atoms with Gasteiger partial charge in [0.25, 0.3) is 0 Å². The molecule has 0 radical (unpaired) electrons. The molecule has 0 bridgehead atoms. The summed E-state index contributed by atoms with van der Waals surface area (Å²) in [5.41, 5.74) is 2.37. The summed E-state index contributed by atoms with van der Waals surface area (Å²) >= 11 is 0. The van der Waals surface area contributed by atoms with E-state index in [1.54, 1.807) is 0 Å². The van der Waals surface area contributed by atoms with Gasteiger partial charge in [0.15, 0.2) is 0 Å². The number of esters is 1. The lowest BCUT2D eigenvalue weighted by Gasteiger charge is -2.27. The van der Waals surface area contributed by atoms with Crippen molar-refractivity contribution in [2.24, 2.45) is 5.92 Å². The summed E-state index contributed by atoms with van der Waals surface area (Å²) in [6, 6.07) is 28.5. The minimum absolute atomic E-state index is 0.00668. The summed E-state index contributed by atoms with van der Waals surface area (Å²) in [7, 11) is 1.23. The number of methoxy groups -OCH3 is 1. The van der Waals surface area contributed by atoms with Gasteiger partial charge >= 0.3 is 12.1 Å². The van der Waals surface area contributed by atoms with Gasteiger partial charge < -0.3 is 25.4 Å². The second-order valence-corrected chi connectivity index (χ2v) is 12.6. The number of benzene rings is 4. The van der Waals surface area contributed by atoms with Crippen LogP contribution in [0.15, 0.2) is 103 Å². The number of ether oxygens (including phenoxy) is 2. The number of ketones is 1. The molecule has 4 aromatic carbocycles. The van der Waals surface area contributed by atoms with Crippen LogP contribution in [0.4, 0.5) is 4.79 Å². The third kappa shape index (κ3) is 10.0. The first-order valence-electron chi connectivity index (χ1n) is 17.0. The maximum atomic E-state index is 14.1. The molecular formula is C40H43N3O7. The highest BCUT2D eigenvalue weighted by molar-refractivity contribution is 5.94. The number of hydrogen-bond acceptors (Lipinski definition) is 7. The number of nitrogens with one attached hydrogen (secondary N) is 3. The Labute approximate surface area is 291 Å². The van der Waals surface area contributed by atoms with Crippen LogP contribution in [0.5, 0.6) is 0 Å². The summed E-state index contributed by atoms with van der Waals surface area (Å²) in [5.74, 6) is -2.20. The molecule has 3 N–H and O–H groups in total. The lowest BCUT2D eigenvalue weighted by Crippen LogP contribution is -2.57. The minimum atomic E-state index is -1.13. The molecule has 4 aromatic rings. The Balaban J connectivity index is 1.38. The Kier molecular flexibility index (Phi) is 12.7. The van der Waals surface area contributed by atoms with Gasteiger partial charge in [-0.1, -0.05) is 110 Å². The van der Waals surface area contributed by atoms with Crippen molar-refractivity contribution >= 4 is 40.4 Å². The molecule has 1 fully saturated rings. The summed E-state index contributed by atoms with van der Waals surface area (Å²) in [6.45, 7) is 0.00668. The quantitative estimate of drug-likeness (QED) is 0.156. The van der Waals surface area contributed by atoms with Gasteiger partial charge in [-0.15, -0.1) is 0 Å². The van der Waals surface area contributed by atoms with Crippen molar-refractivity contribution in [1.29, 1.82) is 0 Å². The lowest BCUT2D eigenvalue weighted by atomic mass is 9.83. The zero-order chi connectivity index (χ0) is 35.3. The SMILES string of the molecule is COC(=O)[C@H](C[C@@H]1CCCCC1=O)NC(=O)[C@H](Cc1ccccc1)NC(=O)[C@H](Cc1cccc2ccccc12)NC(=O)OCc1ccccc1. The number of alkyl carbamates (subject to hydrolysis) is 1. The zero-order valence-corrected chi connectivity index (χ0v) is 28.1. The first-order valence-corrected chi connectivity index (χ1v) is 17.0. The Hall–Kier alpha value is -5.51. The van der Waals surface area contributed by atoms with Crippen LogP contribution in [0, 0.1) is 5.92 Å². The molecule has 1 aliphatic rings. The Morgan fingerprint density at radius 1 is 0.700 bits per heavy atom. The fourth-order valence-electron chi connectivity index (χ4n) is 6.36. The van der Waals surface area contributed by atoms with Gasteiger partial charge in [0.1, 0.15) is 30.5 Å². The number of Topliss-reactive ketones (excluding diaryl/α,β-unsaturated/α-hetero) is 1. The predicted molar refractivity (Wildman–Crippen MR) is 189 cm³/mol. The van der Waals surface area contributed by atoms with Gasteiger partial charge in [-0.25, -0.2) is 9.59 Å². The molecule has 0 spiro atoms. The van der Waals surface area contributed by atoms with Crippen LogP contribution in [0.3, 0.4) is 0 Å². The molecule has 4 atom stereocenters. The molecule has 1 aliphatic carbocycles. The zero-order valence-electron chi connectivity index (χ0n) is 28.1. The average Bonchev–Trinajstić information content (AvgIpc) is 3.14. The summed E-state index contributed by atoms with van der Waals surface area (Å²) in [6.07, 6.45) is 2.29. The largest absolute Gasteiger partial charge is 0.467 e. The molecule has 10 nitrogen and oxygen atoms in total. The second-order valence-electron chi connectivity index (χ2n) is 12.6. The summed E-state index contributed by atoms with van der Waals surface area (Å²) in [4.78, 5) is 66.6. The van der Waals surface area contributed by atoms with Gasteiger partial charge in [-0.05, 0) is 46.7 Å². The second kappa shape index (κ2) is 17.8. The summed E-state index contributed by atoms with van der Waals surface area (Å²) < 4.78 is 10.5. The monoisotopic (exact) mass is 677 g/mol. The van der Waals surface area contributed by atoms with E-state index in [1.165, 1.54) is 7.11 Å². The lowest BCUT2D eigenvalue weighted by molar-refractivity contribution is -0.146. The van der Waals surface area contributed by atoms with Crippen LogP contribution in [-0.4, -0.2) is 54.9 Å². The standard InChI is InChI=1S/C40H43N3O7/c1-49-39(47)35(25-31-18-9-11-22-36(31)44)42-37(45)33(23-27-13-4-2-5-14-27)41-38(46)34(43-40(48)50-26-28-15-6-3-7-16-28)24-30-20-12-19-29-17-8-10-21-32(29)30/h2-8,10,12-17,19-21,31,33-35H,9,11,18,22-26H2,1H3,(H,41,46)(H,42,45)(H,43,48)/t31-,33-,34-,35-/m0/s1. The van der Waals surface area contributed by atoms with E-state index in [0.29, 0.717) is 12.8 Å². The Bertz CT molecular complexity index is 1770. The van der Waals surface area contributed by atoms with Gasteiger partial charge in [0.05, 0.1) is 7.11 Å². The van der Waals surface area contributed by atoms with Crippen LogP contribution in [0.25, 0.3) is 10.8 Å². The fourth-order valence-corrected chi connectivity index (χ4v) is 6.36. The van der Waals surface area contributed by atoms with Crippen LogP contribution in [0.2, 0.25) is 0 Å². The molecule has 50 heavy (non-hydrogen) atoms. The normalized spacial score (nSPS) is 16.0. The maximum Gasteiger partial charge on any atom is 0.408 e. The Morgan fingerprint density at radius 2 is 1.32 bits per heavy atom. The number of carbonyl (C=O) groups is 5. The van der Waals surface area contributed by atoms with Crippen LogP contribution in [-0.2, 0) is 48.1 Å². The van der Waals surface area contributed by atoms with Crippen molar-refractivity contribution in [1.82, 2.24) is 16.0 Å². The molecule has 0 saturated heterocycles. The number of fused-ring (bicyclic) bond motifs is 1. The summed E-state index contributed by atoms with van der Waals surface area (Å²) in [5, 5.41) is 10.2. The van der Waals surface area contributed by atoms with Gasteiger partial charge in [0.2, 0.25) is 11.8 Å². The molecule has 1 saturated carbocycles. The van der Waals surface area contributed by atoms with Crippen molar-refractivity contribution in [3.8, 4) is 0 Å². The average molecular weight is 678 g/mol. The van der Waals surface area contributed by atoms with E-state index in [2.05, 4.69) is 16.0 Å². The van der Waals surface area contributed by atoms with Crippen LogP contribution < -0.4 is 16.0 Å². The highest BCUT2D eigenvalue weighted by Gasteiger charge is 2.34. The fraction of sp³-hybridized carbons (Fsp3) is 0.325. The van der Waals surface area contributed by atoms with E-state index in [9.17, 15) is 24.0 Å². The van der Waals surface area contributed by atoms with E-state index in [4.69, 9.17) is 9.47 Å². The number of carbonyl (C=O) groups excluding carboxylic acids is 5. The molecule has 3 amide bonds. The van der Waals surface area contributed by atoms with Crippen molar-refractivity contribution in [3.63, 3.8) is 0 Å². The number of rotatable bonds is 14. The van der Waals surface area contributed by atoms with Crippen molar-refractivity contribution < 1.29 is 33.4 Å². The molecule has 5 rings (SSSR count). The molecular weight excluding hydrogens is 634 g/mol. The van der Waals surface area contributed by atoms with Gasteiger partial charge in [-0.3, -0.25) is 14.4 Å². The minimum Gasteiger partial charge on any atom is -0.467 e. The van der Waals surface area contributed by atoms with E-state index in [-0.39, 0.29) is 37.6 Å². The van der Waals surface area contributed by atoms with E-state index in [0.717, 1.165) is 40.3 Å². The van der Waals surface area contributed by atoms with Crippen LogP contribution >= 0.6 is 0 Å². The maximum absolute atomic E-state index is 14.1. The first kappa shape index (κ1) is 35.8. The van der Waals surface area contributed by atoms with Crippen molar-refractivity contribution in [2.75, 3.05) is 7.11 Å². The van der Waals surface area contributed by atoms with Crippen molar-refractivity contribution in [3.05, 3.63) is 120 Å². The molecule has 0 aromatic heterocycles. The van der Waals surface area contributed by atoms with Gasteiger partial charge in [-0.2, -0.15) is 0 Å². The molecule has 0 aliphatic heterocycles. The van der Waals surface area contributed by atoms with Crippen LogP contribution in [0.1, 0.15) is 48.8 Å². The molecule has 0 unspecified atom stereocenters. The molecule has 0 heterocycles. The first-order chi connectivity index (χ1) is 24.3.